The lowest BCUT2D eigenvalue weighted by molar-refractivity contribution is -0.384. The molecular formula is C23H16N4O4S. The molecule has 3 aromatic carbocycles. The molecule has 158 valence electrons. The molecule has 0 aliphatic carbocycles. The van der Waals surface area contributed by atoms with E-state index >= 15 is 0 Å². The maximum atomic E-state index is 12.2. The van der Waals surface area contributed by atoms with E-state index < -0.39 is 10.9 Å². The van der Waals surface area contributed by atoms with Crippen LogP contribution in [0.2, 0.25) is 0 Å². The molecule has 0 fully saturated rings. The van der Waals surface area contributed by atoms with E-state index in [-0.39, 0.29) is 11.3 Å². The van der Waals surface area contributed by atoms with Crippen LogP contribution < -0.4 is 10.2 Å². The van der Waals surface area contributed by atoms with Gasteiger partial charge in [-0.1, -0.05) is 36.4 Å². The number of ether oxygens (including phenoxy) is 1. The maximum absolute atomic E-state index is 12.2. The van der Waals surface area contributed by atoms with E-state index in [1.165, 1.54) is 35.6 Å². The van der Waals surface area contributed by atoms with Gasteiger partial charge in [-0.3, -0.25) is 15.5 Å². The van der Waals surface area contributed by atoms with Crippen molar-refractivity contribution >= 4 is 34.3 Å². The normalized spacial score (nSPS) is 10.8. The molecule has 0 amide bonds. The second-order valence-corrected chi connectivity index (χ2v) is 7.40. The van der Waals surface area contributed by atoms with Gasteiger partial charge in [-0.2, -0.15) is 5.10 Å². The Kier molecular flexibility index (Phi) is 6.28. The van der Waals surface area contributed by atoms with Crippen molar-refractivity contribution in [1.29, 1.82) is 0 Å². The zero-order valence-corrected chi connectivity index (χ0v) is 17.4. The van der Waals surface area contributed by atoms with E-state index in [0.717, 1.165) is 16.8 Å². The van der Waals surface area contributed by atoms with E-state index in [1.807, 2.05) is 35.7 Å². The van der Waals surface area contributed by atoms with Crippen molar-refractivity contribution in [3.8, 4) is 17.0 Å². The van der Waals surface area contributed by atoms with Crippen LogP contribution in [0.1, 0.15) is 15.9 Å². The number of benzene rings is 3. The first-order valence-corrected chi connectivity index (χ1v) is 10.3. The predicted molar refractivity (Wildman–Crippen MR) is 123 cm³/mol. The molecule has 0 aliphatic heterocycles. The summed E-state index contributed by atoms with van der Waals surface area (Å²) in [5.74, 6) is -0.353. The van der Waals surface area contributed by atoms with Crippen molar-refractivity contribution < 1.29 is 14.5 Å². The molecule has 8 nitrogen and oxygen atoms in total. The fourth-order valence-electron chi connectivity index (χ4n) is 2.76. The Labute approximate surface area is 187 Å². The van der Waals surface area contributed by atoms with Gasteiger partial charge in [0.15, 0.2) is 0 Å². The number of non-ortho nitro benzene ring substituents is 1. The Morgan fingerprint density at radius 3 is 2.59 bits per heavy atom. The zero-order valence-electron chi connectivity index (χ0n) is 16.5. The molecule has 4 rings (SSSR count). The molecule has 0 bridgehead atoms. The molecule has 0 spiro atoms. The Bertz CT molecular complexity index is 1270. The number of hydrogen-bond acceptors (Lipinski definition) is 8. The van der Waals surface area contributed by atoms with Gasteiger partial charge < -0.3 is 4.74 Å². The molecule has 0 unspecified atom stereocenters. The number of rotatable bonds is 7. The third-order valence-electron chi connectivity index (χ3n) is 4.33. The summed E-state index contributed by atoms with van der Waals surface area (Å²) in [6.45, 7) is 0. The lowest BCUT2D eigenvalue weighted by atomic mass is 10.2. The fourth-order valence-corrected chi connectivity index (χ4v) is 3.43. The van der Waals surface area contributed by atoms with Crippen LogP contribution in [0.15, 0.2) is 89.3 Å². The van der Waals surface area contributed by atoms with Crippen LogP contribution in [0.25, 0.3) is 11.3 Å². The number of nitrogens with one attached hydrogen (secondary N) is 1. The summed E-state index contributed by atoms with van der Waals surface area (Å²) in [5, 5.41) is 17.7. The predicted octanol–water partition coefficient (Wildman–Crippen LogP) is 5.38. The summed E-state index contributed by atoms with van der Waals surface area (Å²) < 4.78 is 5.28. The molecule has 0 saturated heterocycles. The second kappa shape index (κ2) is 9.63. The minimum atomic E-state index is -0.672. The highest BCUT2D eigenvalue weighted by atomic mass is 32.1. The average Bonchev–Trinajstić information content (AvgIpc) is 3.30. The first kappa shape index (κ1) is 20.9. The Morgan fingerprint density at radius 1 is 1.06 bits per heavy atom. The van der Waals surface area contributed by atoms with Crippen LogP contribution in [0, 0.1) is 10.1 Å². The van der Waals surface area contributed by atoms with Crippen LogP contribution >= 0.6 is 11.3 Å². The van der Waals surface area contributed by atoms with Gasteiger partial charge in [0.1, 0.15) is 5.75 Å². The minimum absolute atomic E-state index is 0.104. The van der Waals surface area contributed by atoms with Gasteiger partial charge in [0.2, 0.25) is 5.13 Å². The van der Waals surface area contributed by atoms with E-state index in [2.05, 4.69) is 15.5 Å². The molecule has 1 N–H and O–H groups in total. The maximum Gasteiger partial charge on any atom is 0.343 e. The van der Waals surface area contributed by atoms with Gasteiger partial charge in [-0.05, 0) is 35.9 Å². The Morgan fingerprint density at radius 2 is 1.84 bits per heavy atom. The first-order chi connectivity index (χ1) is 15.6. The third-order valence-corrected chi connectivity index (χ3v) is 5.08. The number of nitro groups is 1. The number of nitrogens with zero attached hydrogens (tertiary/aromatic N) is 3. The number of carbonyl (C=O) groups is 1. The summed E-state index contributed by atoms with van der Waals surface area (Å²) in [5.41, 5.74) is 5.54. The third kappa shape index (κ3) is 5.21. The monoisotopic (exact) mass is 444 g/mol. The standard InChI is InChI=1S/C23H16N4O4S/c28-22(18-7-4-8-19(13-18)27(29)30)31-20-11-9-16(10-12-20)14-24-26-23-25-21(15-32-23)17-5-2-1-3-6-17/h1-15H,(H,25,26)/b24-14-. The summed E-state index contributed by atoms with van der Waals surface area (Å²) >= 11 is 1.45. The van der Waals surface area contributed by atoms with Crippen molar-refractivity contribution in [1.82, 2.24) is 4.98 Å². The van der Waals surface area contributed by atoms with Crippen molar-refractivity contribution in [2.75, 3.05) is 5.43 Å². The molecule has 0 saturated carbocycles. The molecule has 4 aromatic rings. The smallest absolute Gasteiger partial charge is 0.343 e. The number of carbonyl (C=O) groups excluding carboxylic acids is 1. The Hall–Kier alpha value is -4.37. The topological polar surface area (TPSA) is 107 Å². The molecule has 1 aromatic heterocycles. The van der Waals surface area contributed by atoms with E-state index in [1.54, 1.807) is 30.5 Å². The van der Waals surface area contributed by atoms with Crippen LogP contribution in [-0.4, -0.2) is 22.1 Å². The SMILES string of the molecule is O=C(Oc1ccc(/C=N\Nc2nc(-c3ccccc3)cs2)cc1)c1cccc([N+](=O)[O-])c1. The van der Waals surface area contributed by atoms with Crippen LogP contribution in [0.4, 0.5) is 10.8 Å². The quantitative estimate of drug-likeness (QED) is 0.135. The summed E-state index contributed by atoms with van der Waals surface area (Å²) in [6.07, 6.45) is 1.62. The van der Waals surface area contributed by atoms with E-state index in [0.29, 0.717) is 10.9 Å². The number of nitro benzene ring substituents is 1. The van der Waals surface area contributed by atoms with Gasteiger partial charge in [0.05, 0.1) is 22.4 Å². The van der Waals surface area contributed by atoms with Crippen LogP contribution in [-0.2, 0) is 0 Å². The largest absolute Gasteiger partial charge is 0.423 e. The molecule has 0 radical (unpaired) electrons. The number of hydrazone groups is 1. The zero-order chi connectivity index (χ0) is 22.3. The molecule has 0 atom stereocenters. The molecule has 1 heterocycles. The van der Waals surface area contributed by atoms with Gasteiger partial charge in [0.25, 0.3) is 5.69 Å². The molecule has 9 heteroatoms. The van der Waals surface area contributed by atoms with Crippen LogP contribution in [0.3, 0.4) is 0 Å². The van der Waals surface area contributed by atoms with Crippen molar-refractivity contribution in [3.05, 3.63) is 105 Å². The lowest BCUT2D eigenvalue weighted by Crippen LogP contribution is -2.08. The fraction of sp³-hybridized carbons (Fsp3) is 0. The van der Waals surface area contributed by atoms with Gasteiger partial charge >= 0.3 is 5.97 Å². The highest BCUT2D eigenvalue weighted by Gasteiger charge is 2.13. The summed E-state index contributed by atoms with van der Waals surface area (Å²) in [6, 6.07) is 22.0. The summed E-state index contributed by atoms with van der Waals surface area (Å²) in [7, 11) is 0. The number of esters is 1. The molecule has 0 aliphatic rings. The lowest BCUT2D eigenvalue weighted by Gasteiger charge is -2.04. The van der Waals surface area contributed by atoms with Crippen LogP contribution in [0.5, 0.6) is 5.75 Å². The van der Waals surface area contributed by atoms with Crippen molar-refractivity contribution in [3.63, 3.8) is 0 Å². The highest BCUT2D eigenvalue weighted by Crippen LogP contribution is 2.24. The van der Waals surface area contributed by atoms with Crippen molar-refractivity contribution in [2.24, 2.45) is 5.10 Å². The number of aromatic nitrogens is 1. The van der Waals surface area contributed by atoms with Gasteiger partial charge in [-0.15, -0.1) is 11.3 Å². The van der Waals surface area contributed by atoms with Gasteiger partial charge in [0, 0.05) is 23.1 Å². The van der Waals surface area contributed by atoms with E-state index in [9.17, 15) is 14.9 Å². The average molecular weight is 444 g/mol. The Balaban J connectivity index is 1.34. The summed E-state index contributed by atoms with van der Waals surface area (Å²) in [4.78, 5) is 27.0. The molecule has 32 heavy (non-hydrogen) atoms. The molecular weight excluding hydrogens is 428 g/mol. The first-order valence-electron chi connectivity index (χ1n) is 9.45. The van der Waals surface area contributed by atoms with Crippen molar-refractivity contribution in [2.45, 2.75) is 0 Å². The van der Waals surface area contributed by atoms with E-state index in [4.69, 9.17) is 4.74 Å². The number of anilines is 1. The highest BCUT2D eigenvalue weighted by molar-refractivity contribution is 7.14. The minimum Gasteiger partial charge on any atom is -0.423 e. The second-order valence-electron chi connectivity index (χ2n) is 6.54. The number of thiazole rings is 1. The van der Waals surface area contributed by atoms with Gasteiger partial charge in [-0.25, -0.2) is 9.78 Å². The number of hydrogen-bond donors (Lipinski definition) is 1.